The first-order valence-corrected chi connectivity index (χ1v) is 11.0. The number of carbonyl (C=O) groups is 1. The normalized spacial score (nSPS) is 11.0. The van der Waals surface area contributed by atoms with E-state index < -0.39 is 0 Å². The Kier molecular flexibility index (Phi) is 7.65. The zero-order valence-corrected chi connectivity index (χ0v) is 18.4. The minimum atomic E-state index is -0.0842. The summed E-state index contributed by atoms with van der Waals surface area (Å²) in [6.45, 7) is 5.67. The van der Waals surface area contributed by atoms with Crippen molar-refractivity contribution in [2.45, 2.75) is 32.0 Å². The van der Waals surface area contributed by atoms with E-state index in [-0.39, 0.29) is 17.2 Å². The largest absolute Gasteiger partial charge is 0.382 e. The fraction of sp³-hybridized carbons (Fsp3) is 0.348. The molecule has 6 nitrogen and oxygen atoms in total. The van der Waals surface area contributed by atoms with Crippen molar-refractivity contribution in [1.29, 1.82) is 0 Å². The van der Waals surface area contributed by atoms with Crippen LogP contribution in [0.3, 0.4) is 0 Å². The van der Waals surface area contributed by atoms with Crippen LogP contribution in [0.25, 0.3) is 10.9 Å². The van der Waals surface area contributed by atoms with E-state index in [0.717, 1.165) is 11.3 Å². The Balaban J connectivity index is 1.81. The van der Waals surface area contributed by atoms with E-state index in [4.69, 9.17) is 4.74 Å². The van der Waals surface area contributed by atoms with Crippen LogP contribution in [-0.2, 0) is 16.1 Å². The van der Waals surface area contributed by atoms with Crippen molar-refractivity contribution in [2.24, 2.45) is 0 Å². The number of aryl methyl sites for hydroxylation is 1. The number of rotatable bonds is 9. The van der Waals surface area contributed by atoms with Crippen LogP contribution in [0.1, 0.15) is 18.9 Å². The van der Waals surface area contributed by atoms with Crippen molar-refractivity contribution in [1.82, 2.24) is 9.55 Å². The molecule has 0 fully saturated rings. The van der Waals surface area contributed by atoms with Crippen LogP contribution in [0.2, 0.25) is 0 Å². The molecule has 0 atom stereocenters. The highest BCUT2D eigenvalue weighted by molar-refractivity contribution is 7.99. The number of ether oxygens (including phenoxy) is 1. The van der Waals surface area contributed by atoms with Crippen molar-refractivity contribution in [3.63, 3.8) is 0 Å². The maximum Gasteiger partial charge on any atom is 0.262 e. The van der Waals surface area contributed by atoms with Gasteiger partial charge in [0.15, 0.2) is 5.16 Å². The van der Waals surface area contributed by atoms with Crippen LogP contribution in [0.5, 0.6) is 0 Å². The monoisotopic (exact) mass is 425 g/mol. The number of anilines is 1. The number of nitrogens with zero attached hydrogens (tertiary/aromatic N) is 3. The molecule has 1 aromatic heterocycles. The van der Waals surface area contributed by atoms with E-state index in [1.807, 2.05) is 56.3 Å². The third kappa shape index (κ3) is 5.29. The van der Waals surface area contributed by atoms with Gasteiger partial charge in [-0.3, -0.25) is 14.2 Å². The molecule has 0 saturated heterocycles. The van der Waals surface area contributed by atoms with E-state index in [0.29, 0.717) is 42.2 Å². The number of fused-ring (bicyclic) bond motifs is 1. The maximum absolute atomic E-state index is 13.0. The number of benzene rings is 2. The highest BCUT2D eigenvalue weighted by Crippen LogP contribution is 2.21. The van der Waals surface area contributed by atoms with Crippen LogP contribution in [-0.4, -0.2) is 41.5 Å². The zero-order chi connectivity index (χ0) is 21.5. The Hall–Kier alpha value is -2.64. The molecule has 0 aliphatic rings. The lowest BCUT2D eigenvalue weighted by Gasteiger charge is -2.18. The number of amides is 1. The van der Waals surface area contributed by atoms with Gasteiger partial charge >= 0.3 is 0 Å². The summed E-state index contributed by atoms with van der Waals surface area (Å²) in [7, 11) is 1.76. The van der Waals surface area contributed by atoms with Crippen LogP contribution in [0.4, 0.5) is 5.69 Å². The number of hydrogen-bond acceptors (Lipinski definition) is 5. The molecule has 0 aliphatic carbocycles. The van der Waals surface area contributed by atoms with Crippen molar-refractivity contribution in [3.8, 4) is 0 Å². The van der Waals surface area contributed by atoms with E-state index in [2.05, 4.69) is 4.98 Å². The van der Waals surface area contributed by atoms with Gasteiger partial charge < -0.3 is 9.64 Å². The summed E-state index contributed by atoms with van der Waals surface area (Å²) in [6, 6.07) is 15.1. The summed E-state index contributed by atoms with van der Waals surface area (Å²) in [5.41, 5.74) is 2.50. The van der Waals surface area contributed by atoms with Gasteiger partial charge in [0.05, 0.1) is 16.7 Å². The second-order valence-electron chi connectivity index (χ2n) is 7.00. The molecular formula is C23H27N3O3S. The molecule has 0 aliphatic heterocycles. The Labute approximate surface area is 180 Å². The van der Waals surface area contributed by atoms with Crippen LogP contribution < -0.4 is 10.5 Å². The van der Waals surface area contributed by atoms with Crippen LogP contribution in [0.15, 0.2) is 58.5 Å². The van der Waals surface area contributed by atoms with Crippen molar-refractivity contribution in [2.75, 3.05) is 30.9 Å². The molecule has 0 bridgehead atoms. The lowest BCUT2D eigenvalue weighted by atomic mass is 10.2. The topological polar surface area (TPSA) is 64.4 Å². The second kappa shape index (κ2) is 10.4. The second-order valence-corrected chi connectivity index (χ2v) is 7.94. The Bertz CT molecular complexity index is 1080. The highest BCUT2D eigenvalue weighted by atomic mass is 32.2. The summed E-state index contributed by atoms with van der Waals surface area (Å²) < 4.78 is 7.07. The van der Waals surface area contributed by atoms with Gasteiger partial charge in [-0.1, -0.05) is 36.0 Å². The molecule has 3 aromatic rings. The number of aromatic nitrogens is 2. The Morgan fingerprint density at radius 3 is 2.77 bits per heavy atom. The summed E-state index contributed by atoms with van der Waals surface area (Å²) in [6.07, 6.45) is 0.707. The predicted molar refractivity (Wildman–Crippen MR) is 122 cm³/mol. The standard InChI is InChI=1S/C23H27N3O3S/c1-4-29-14-8-13-26-22(28)19-11-5-6-12-20(19)24-23(26)30-16-21(27)25(3)18-10-7-9-17(2)15-18/h5-7,9-12,15H,4,8,13-14,16H2,1-3H3. The molecule has 3 rings (SSSR count). The summed E-state index contributed by atoms with van der Waals surface area (Å²) in [5, 5.41) is 1.14. The number of hydrogen-bond donors (Lipinski definition) is 0. The van der Waals surface area contributed by atoms with Gasteiger partial charge in [-0.25, -0.2) is 4.98 Å². The van der Waals surface area contributed by atoms with E-state index in [9.17, 15) is 9.59 Å². The molecule has 7 heteroatoms. The number of carbonyl (C=O) groups excluding carboxylic acids is 1. The fourth-order valence-electron chi connectivity index (χ4n) is 3.13. The van der Waals surface area contributed by atoms with Gasteiger partial charge in [-0.05, 0) is 50.1 Å². The lowest BCUT2D eigenvalue weighted by Crippen LogP contribution is -2.29. The molecule has 0 radical (unpaired) electrons. The van der Waals surface area contributed by atoms with Gasteiger partial charge in [0.25, 0.3) is 5.56 Å². The molecule has 158 valence electrons. The lowest BCUT2D eigenvalue weighted by molar-refractivity contribution is -0.115. The van der Waals surface area contributed by atoms with Crippen LogP contribution in [0, 0.1) is 6.92 Å². The molecule has 0 unspecified atom stereocenters. The molecule has 0 spiro atoms. The zero-order valence-electron chi connectivity index (χ0n) is 17.6. The average molecular weight is 426 g/mol. The highest BCUT2D eigenvalue weighted by Gasteiger charge is 2.16. The van der Waals surface area contributed by atoms with Crippen LogP contribution >= 0.6 is 11.8 Å². The quantitative estimate of drug-likeness (QED) is 0.296. The summed E-state index contributed by atoms with van der Waals surface area (Å²) in [4.78, 5) is 32.1. The van der Waals surface area contributed by atoms with Gasteiger partial charge in [0.2, 0.25) is 5.91 Å². The molecule has 1 heterocycles. The van der Waals surface area contributed by atoms with E-state index in [1.54, 1.807) is 22.6 Å². The minimum absolute atomic E-state index is 0.0473. The summed E-state index contributed by atoms with van der Waals surface area (Å²) >= 11 is 1.29. The number of para-hydroxylation sites is 1. The Morgan fingerprint density at radius 2 is 2.00 bits per heavy atom. The smallest absolute Gasteiger partial charge is 0.262 e. The molecule has 1 amide bonds. The predicted octanol–water partition coefficient (Wildman–Crippen LogP) is 3.89. The molecule has 0 saturated carbocycles. The molecule has 30 heavy (non-hydrogen) atoms. The Morgan fingerprint density at radius 1 is 1.20 bits per heavy atom. The molecule has 2 aromatic carbocycles. The number of thioether (sulfide) groups is 1. The van der Waals surface area contributed by atoms with Crippen molar-refractivity contribution < 1.29 is 9.53 Å². The average Bonchev–Trinajstić information content (AvgIpc) is 2.76. The SMILES string of the molecule is CCOCCCn1c(SCC(=O)N(C)c2cccc(C)c2)nc2ccccc2c1=O. The first-order chi connectivity index (χ1) is 14.5. The first kappa shape index (κ1) is 22.1. The van der Waals surface area contributed by atoms with Gasteiger partial charge in [0, 0.05) is 32.5 Å². The van der Waals surface area contributed by atoms with Crippen molar-refractivity contribution >= 4 is 34.3 Å². The maximum atomic E-state index is 13.0. The van der Waals surface area contributed by atoms with E-state index in [1.165, 1.54) is 11.8 Å². The van der Waals surface area contributed by atoms with Gasteiger partial charge in [-0.2, -0.15) is 0 Å². The molecule has 0 N–H and O–H groups in total. The molecular weight excluding hydrogens is 398 g/mol. The minimum Gasteiger partial charge on any atom is -0.382 e. The van der Waals surface area contributed by atoms with Gasteiger partial charge in [0.1, 0.15) is 0 Å². The first-order valence-electron chi connectivity index (χ1n) is 10.0. The fourth-order valence-corrected chi connectivity index (χ4v) is 4.07. The van der Waals surface area contributed by atoms with E-state index >= 15 is 0 Å². The van der Waals surface area contributed by atoms with Gasteiger partial charge in [-0.15, -0.1) is 0 Å². The third-order valence-electron chi connectivity index (χ3n) is 4.79. The summed E-state index contributed by atoms with van der Waals surface area (Å²) in [5.74, 6) is 0.148. The van der Waals surface area contributed by atoms with Crippen molar-refractivity contribution in [3.05, 3.63) is 64.4 Å². The third-order valence-corrected chi connectivity index (χ3v) is 5.75.